The first kappa shape index (κ1) is 17.7. The lowest BCUT2D eigenvalue weighted by Crippen LogP contribution is -2.57. The fraction of sp³-hybridized carbons (Fsp3) is 0.300. The van der Waals surface area contributed by atoms with Crippen molar-refractivity contribution in [1.29, 1.82) is 0 Å². The van der Waals surface area contributed by atoms with Gasteiger partial charge in [-0.2, -0.15) is 30.7 Å². The van der Waals surface area contributed by atoms with E-state index in [0.717, 1.165) is 12.1 Å². The van der Waals surface area contributed by atoms with Crippen LogP contribution in [0.2, 0.25) is 0 Å². The van der Waals surface area contributed by atoms with E-state index in [2.05, 4.69) is 4.74 Å². The number of halogens is 7. The number of carbonyl (C=O) groups excluding carboxylic acids is 1. The number of alkyl halides is 7. The normalized spacial score (nSPS) is 12.9. The molecule has 0 aromatic heterocycles. The van der Waals surface area contributed by atoms with Crippen molar-refractivity contribution in [2.75, 3.05) is 0 Å². The number of benzene rings is 1. The average molecular weight is 335 g/mol. The largest absolute Gasteiger partial charge is 0.460 e. The number of para-hydroxylation sites is 2. The molecule has 0 aliphatic rings. The highest BCUT2D eigenvalue weighted by molar-refractivity contribution is 5.82. The SMILES string of the molecule is O=C(Oc1ccccc1[N+](=O)[O-])C(F)(F)C(F)(F)C(F)(F)F. The quantitative estimate of drug-likeness (QED) is 0.278. The van der Waals surface area contributed by atoms with Crippen LogP contribution in [0, 0.1) is 10.1 Å². The van der Waals surface area contributed by atoms with Crippen LogP contribution < -0.4 is 4.74 Å². The molecule has 0 spiro atoms. The lowest BCUT2D eigenvalue weighted by Gasteiger charge is -2.26. The van der Waals surface area contributed by atoms with Crippen LogP contribution in [0.15, 0.2) is 24.3 Å². The molecule has 0 bridgehead atoms. The standard InChI is InChI=1S/C10H4F7NO4/c11-8(12,9(13,14)10(15,16)17)7(19)22-6-4-2-1-3-5(6)18(20)21/h1-4H. The Morgan fingerprint density at radius 2 is 1.55 bits per heavy atom. The van der Waals surface area contributed by atoms with Crippen LogP contribution in [0.5, 0.6) is 5.75 Å². The third-order valence-electron chi connectivity index (χ3n) is 2.27. The molecule has 0 saturated carbocycles. The van der Waals surface area contributed by atoms with Gasteiger partial charge in [0, 0.05) is 6.07 Å². The van der Waals surface area contributed by atoms with Crippen molar-refractivity contribution in [1.82, 2.24) is 0 Å². The Morgan fingerprint density at radius 3 is 2.00 bits per heavy atom. The number of nitro benzene ring substituents is 1. The minimum Gasteiger partial charge on any atom is -0.415 e. The van der Waals surface area contributed by atoms with E-state index in [9.17, 15) is 45.6 Å². The number of carbonyl (C=O) groups is 1. The first-order chi connectivity index (χ1) is 9.82. The molecule has 0 unspecified atom stereocenters. The molecule has 0 radical (unpaired) electrons. The summed E-state index contributed by atoms with van der Waals surface area (Å²) < 4.78 is 90.5. The predicted octanol–water partition coefficient (Wildman–Crippen LogP) is 3.33. The summed E-state index contributed by atoms with van der Waals surface area (Å²) in [5, 5.41) is 10.5. The second kappa shape index (κ2) is 5.42. The van der Waals surface area contributed by atoms with Gasteiger partial charge in [-0.1, -0.05) is 12.1 Å². The summed E-state index contributed by atoms with van der Waals surface area (Å²) in [6, 6.07) is 3.23. The smallest absolute Gasteiger partial charge is 0.415 e. The second-order valence-electron chi connectivity index (χ2n) is 3.76. The van der Waals surface area contributed by atoms with Gasteiger partial charge in [-0.25, -0.2) is 4.79 Å². The van der Waals surface area contributed by atoms with Crippen molar-refractivity contribution in [2.45, 2.75) is 18.0 Å². The number of hydrogen-bond donors (Lipinski definition) is 0. The fourth-order valence-corrected chi connectivity index (χ4v) is 1.16. The Kier molecular flexibility index (Phi) is 4.35. The molecule has 0 heterocycles. The molecular formula is C10H4F7NO4. The maximum absolute atomic E-state index is 13.0. The van der Waals surface area contributed by atoms with Gasteiger partial charge in [-0.3, -0.25) is 10.1 Å². The highest BCUT2D eigenvalue weighted by atomic mass is 19.4. The zero-order chi connectivity index (χ0) is 17.3. The Labute approximate surface area is 116 Å². The maximum atomic E-state index is 13.0. The Hall–Kier alpha value is -2.40. The van der Waals surface area contributed by atoms with Gasteiger partial charge in [0.25, 0.3) is 0 Å². The molecule has 0 aliphatic carbocycles. The first-order valence-electron chi connectivity index (χ1n) is 5.10. The van der Waals surface area contributed by atoms with Gasteiger partial charge < -0.3 is 4.74 Å². The van der Waals surface area contributed by atoms with E-state index < -0.39 is 40.4 Å². The molecule has 0 amide bonds. The summed E-state index contributed by atoms with van der Waals surface area (Å²) in [6.07, 6.45) is -6.72. The molecule has 0 atom stereocenters. The lowest BCUT2D eigenvalue weighted by molar-refractivity contribution is -0.386. The average Bonchev–Trinajstić information content (AvgIpc) is 2.37. The molecule has 1 aromatic carbocycles. The Morgan fingerprint density at radius 1 is 1.05 bits per heavy atom. The van der Waals surface area contributed by atoms with E-state index in [1.54, 1.807) is 0 Å². The van der Waals surface area contributed by atoms with Gasteiger partial charge in [0.15, 0.2) is 0 Å². The summed E-state index contributed by atoms with van der Waals surface area (Å²) >= 11 is 0. The molecular weight excluding hydrogens is 331 g/mol. The van der Waals surface area contributed by atoms with Crippen molar-refractivity contribution in [3.8, 4) is 5.75 Å². The number of ether oxygens (including phenoxy) is 1. The van der Waals surface area contributed by atoms with Gasteiger partial charge in [0.2, 0.25) is 5.75 Å². The van der Waals surface area contributed by atoms with Gasteiger partial charge in [-0.05, 0) is 6.07 Å². The second-order valence-corrected chi connectivity index (χ2v) is 3.76. The number of hydrogen-bond acceptors (Lipinski definition) is 4. The van der Waals surface area contributed by atoms with Crippen molar-refractivity contribution < 1.29 is 45.2 Å². The summed E-state index contributed by atoms with van der Waals surface area (Å²) in [6.45, 7) is 0. The van der Waals surface area contributed by atoms with Gasteiger partial charge in [-0.15, -0.1) is 0 Å². The summed E-state index contributed by atoms with van der Waals surface area (Å²) in [5.74, 6) is -17.4. The molecule has 22 heavy (non-hydrogen) atoms. The molecule has 0 aliphatic heterocycles. The van der Waals surface area contributed by atoms with Crippen LogP contribution in [0.25, 0.3) is 0 Å². The molecule has 5 nitrogen and oxygen atoms in total. The highest BCUT2D eigenvalue weighted by Gasteiger charge is 2.77. The Bertz CT molecular complexity index is 599. The molecule has 122 valence electrons. The van der Waals surface area contributed by atoms with Gasteiger partial charge in [0.1, 0.15) is 0 Å². The van der Waals surface area contributed by atoms with E-state index in [0.29, 0.717) is 12.1 Å². The van der Waals surface area contributed by atoms with Crippen LogP contribution in [0.4, 0.5) is 36.4 Å². The summed E-state index contributed by atoms with van der Waals surface area (Å²) in [5.41, 5.74) is -1.07. The third-order valence-corrected chi connectivity index (χ3v) is 2.27. The van der Waals surface area contributed by atoms with Crippen molar-refractivity contribution >= 4 is 11.7 Å². The van der Waals surface area contributed by atoms with E-state index in [1.807, 2.05) is 0 Å². The number of nitrogens with zero attached hydrogens (tertiary/aromatic N) is 1. The van der Waals surface area contributed by atoms with Gasteiger partial charge >= 0.3 is 29.7 Å². The predicted molar refractivity (Wildman–Crippen MR) is 54.7 cm³/mol. The van der Waals surface area contributed by atoms with Crippen molar-refractivity contribution in [3.05, 3.63) is 34.4 Å². The molecule has 0 fully saturated rings. The molecule has 0 N–H and O–H groups in total. The highest BCUT2D eigenvalue weighted by Crippen LogP contribution is 2.47. The van der Waals surface area contributed by atoms with E-state index in [4.69, 9.17) is 0 Å². The zero-order valence-electron chi connectivity index (χ0n) is 10.0. The van der Waals surface area contributed by atoms with Crippen molar-refractivity contribution in [3.63, 3.8) is 0 Å². The van der Waals surface area contributed by atoms with E-state index in [1.165, 1.54) is 0 Å². The summed E-state index contributed by atoms with van der Waals surface area (Å²) in [7, 11) is 0. The minimum atomic E-state index is -6.72. The Balaban J connectivity index is 3.15. The van der Waals surface area contributed by atoms with Crippen LogP contribution in [0.3, 0.4) is 0 Å². The maximum Gasteiger partial charge on any atom is 0.460 e. The molecule has 0 saturated heterocycles. The van der Waals surface area contributed by atoms with Crippen LogP contribution in [-0.2, 0) is 4.79 Å². The van der Waals surface area contributed by atoms with Crippen LogP contribution in [0.1, 0.15) is 0 Å². The molecule has 1 rings (SSSR count). The first-order valence-corrected chi connectivity index (χ1v) is 5.10. The van der Waals surface area contributed by atoms with Crippen LogP contribution in [-0.4, -0.2) is 28.9 Å². The fourth-order valence-electron chi connectivity index (χ4n) is 1.16. The third kappa shape index (κ3) is 2.94. The molecule has 1 aromatic rings. The minimum absolute atomic E-state index is 0.581. The van der Waals surface area contributed by atoms with E-state index in [-0.39, 0.29) is 0 Å². The molecule has 12 heteroatoms. The number of esters is 1. The topological polar surface area (TPSA) is 69.4 Å². The summed E-state index contributed by atoms with van der Waals surface area (Å²) in [4.78, 5) is 20.2. The zero-order valence-corrected chi connectivity index (χ0v) is 10.0. The lowest BCUT2D eigenvalue weighted by atomic mass is 10.1. The van der Waals surface area contributed by atoms with Gasteiger partial charge in [0.05, 0.1) is 4.92 Å². The number of rotatable bonds is 4. The van der Waals surface area contributed by atoms with Crippen molar-refractivity contribution in [2.24, 2.45) is 0 Å². The van der Waals surface area contributed by atoms with E-state index >= 15 is 0 Å². The number of nitro groups is 1. The monoisotopic (exact) mass is 335 g/mol. The van der Waals surface area contributed by atoms with Crippen LogP contribution >= 0.6 is 0 Å².